The van der Waals surface area contributed by atoms with Gasteiger partial charge in [-0.2, -0.15) is 31.6 Å². The summed E-state index contributed by atoms with van der Waals surface area (Å²) in [6.45, 7) is 8.48. The molecule has 0 aliphatic carbocycles. The summed E-state index contributed by atoms with van der Waals surface area (Å²) in [7, 11) is 1.85. The Labute approximate surface area is 539 Å². The van der Waals surface area contributed by atoms with Gasteiger partial charge in [0.2, 0.25) is 0 Å². The first-order valence-corrected chi connectivity index (χ1v) is 30.3. The minimum atomic E-state index is -5.20. The van der Waals surface area contributed by atoms with Crippen LogP contribution in [0.1, 0.15) is 33.7 Å². The van der Waals surface area contributed by atoms with Crippen LogP contribution in [0.25, 0.3) is 111 Å². The number of halogens is 6. The molecule has 0 bridgehead atoms. The summed E-state index contributed by atoms with van der Waals surface area (Å²) in [5, 5.41) is 12.7. The third kappa shape index (κ3) is 11.0. The van der Waals surface area contributed by atoms with Crippen molar-refractivity contribution < 1.29 is 26.3 Å². The van der Waals surface area contributed by atoms with Crippen molar-refractivity contribution in [1.82, 2.24) is 24.4 Å². The molecule has 0 N–H and O–H groups in total. The predicted octanol–water partition coefficient (Wildman–Crippen LogP) is 21.5. The van der Waals surface area contributed by atoms with Crippen LogP contribution < -0.4 is 4.90 Å². The van der Waals surface area contributed by atoms with Crippen LogP contribution in [0.2, 0.25) is 0 Å². The molecular weight excluding hydrogens is 1180 g/mol. The fraction of sp³-hybridized carbons (Fsp3) is 0.0617. The molecule has 0 fully saturated rings. The summed E-state index contributed by atoms with van der Waals surface area (Å²) in [5.74, 6) is -0.656. The van der Waals surface area contributed by atoms with Crippen LogP contribution in [0.3, 0.4) is 0 Å². The van der Waals surface area contributed by atoms with Gasteiger partial charge in [-0.25, -0.2) is 0 Å². The Morgan fingerprint density at radius 3 is 1.40 bits per heavy atom. The molecule has 4 aromatic heterocycles. The number of anilines is 2. The Morgan fingerprint density at radius 1 is 0.489 bits per heavy atom. The molecule has 2 atom stereocenters. The third-order valence-electron chi connectivity index (χ3n) is 17.5. The Kier molecular flexibility index (Phi) is 15.5. The number of alkyl halides is 6. The number of aromatic nitrogens is 4. The van der Waals surface area contributed by atoms with E-state index in [2.05, 4.69) is 19.2 Å². The maximum absolute atomic E-state index is 16.3. The molecule has 94 heavy (non-hydrogen) atoms. The van der Waals surface area contributed by atoms with Crippen molar-refractivity contribution in [2.45, 2.75) is 24.4 Å². The second kappa shape index (κ2) is 24.4. The van der Waals surface area contributed by atoms with Gasteiger partial charge < -0.3 is 14.4 Å². The Hall–Kier alpha value is -11.9. The minimum absolute atomic E-state index is 0.0123. The molecule has 13 aromatic rings. The lowest BCUT2D eigenvalue weighted by molar-refractivity contribution is -0.141. The molecular formula is C81H55F6N7. The average molecular weight is 1240 g/mol. The van der Waals surface area contributed by atoms with Gasteiger partial charge in [-0.1, -0.05) is 176 Å². The molecule has 9 aromatic carbocycles. The quantitative estimate of drug-likeness (QED) is 0.0614. The number of pyridine rings is 3. The van der Waals surface area contributed by atoms with E-state index in [1.807, 2.05) is 235 Å². The lowest BCUT2D eigenvalue weighted by Crippen LogP contribution is -2.43. The van der Waals surface area contributed by atoms with Gasteiger partial charge in [0.25, 0.3) is 0 Å². The van der Waals surface area contributed by atoms with Crippen molar-refractivity contribution >= 4 is 38.9 Å². The summed E-state index contributed by atoms with van der Waals surface area (Å²) in [5.41, 5.74) is 9.76. The summed E-state index contributed by atoms with van der Waals surface area (Å²) in [6.07, 6.45) is -0.605. The molecule has 13 heteroatoms. The first kappa shape index (κ1) is 59.7. The Balaban J connectivity index is 1.06. The van der Waals surface area contributed by atoms with E-state index >= 15 is 26.3 Å². The molecule has 5 heterocycles. The molecule has 7 nitrogen and oxygen atoms in total. The van der Waals surface area contributed by atoms with Gasteiger partial charge >= 0.3 is 12.4 Å². The van der Waals surface area contributed by atoms with Crippen LogP contribution in [0.15, 0.2) is 293 Å². The van der Waals surface area contributed by atoms with Crippen LogP contribution in [-0.2, 0) is 12.4 Å². The molecule has 0 saturated carbocycles. The summed E-state index contributed by atoms with van der Waals surface area (Å²) in [6, 6.07) is 74.6. The number of fused-ring (bicyclic) bond motifs is 4. The van der Waals surface area contributed by atoms with E-state index in [9.17, 15) is 5.26 Å². The van der Waals surface area contributed by atoms with E-state index in [-0.39, 0.29) is 22.5 Å². The van der Waals surface area contributed by atoms with Gasteiger partial charge in [-0.15, -0.1) is 6.58 Å². The van der Waals surface area contributed by atoms with Gasteiger partial charge in [0, 0.05) is 92.7 Å². The molecule has 2 unspecified atom stereocenters. The van der Waals surface area contributed by atoms with E-state index in [0.29, 0.717) is 57.0 Å². The SMILES string of the molecule is C=C/C=C(/c1ccccc1)N(C)C1C(C=C)c2cc(-c3ccc(-c4ccccc4)nc3)ccc2N1c1cc(C#N)cc(-n2c3ccc(-c4ccc(-c5ccccc5)nc4)cc3c3cc(-c4ccc(-c5ccccc5)nc4)ccc32)c1-c1cc(C(F)(F)F)ccc1C(F)(F)F. The fourth-order valence-electron chi connectivity index (χ4n) is 13.1. The highest BCUT2D eigenvalue weighted by Gasteiger charge is 2.45. The number of likely N-dealkylation sites (N-methyl/N-ethyl adjacent to an activating group) is 1. The zero-order chi connectivity index (χ0) is 64.8. The Bertz CT molecular complexity index is 4960. The van der Waals surface area contributed by atoms with Crippen molar-refractivity contribution in [3.63, 3.8) is 0 Å². The highest BCUT2D eigenvalue weighted by molar-refractivity contribution is 6.13. The van der Waals surface area contributed by atoms with Crippen LogP contribution >= 0.6 is 0 Å². The summed E-state index contributed by atoms with van der Waals surface area (Å²) < 4.78 is 97.1. The monoisotopic (exact) mass is 1240 g/mol. The van der Waals surface area contributed by atoms with E-state index in [1.165, 1.54) is 12.1 Å². The molecule has 0 radical (unpaired) electrons. The first-order valence-electron chi connectivity index (χ1n) is 30.3. The highest BCUT2D eigenvalue weighted by atomic mass is 19.4. The molecule has 1 aliphatic heterocycles. The number of nitriles is 1. The van der Waals surface area contributed by atoms with Gasteiger partial charge in [0.05, 0.1) is 62.2 Å². The zero-order valence-corrected chi connectivity index (χ0v) is 50.5. The van der Waals surface area contributed by atoms with Gasteiger partial charge in [0.1, 0.15) is 6.17 Å². The van der Waals surface area contributed by atoms with Crippen molar-refractivity contribution in [3.05, 3.63) is 320 Å². The van der Waals surface area contributed by atoms with E-state index < -0.39 is 41.1 Å². The number of rotatable bonds is 14. The summed E-state index contributed by atoms with van der Waals surface area (Å²) in [4.78, 5) is 18.4. The van der Waals surface area contributed by atoms with E-state index in [0.717, 1.165) is 72.7 Å². The zero-order valence-electron chi connectivity index (χ0n) is 50.5. The smallest absolute Gasteiger partial charge is 0.353 e. The molecule has 456 valence electrons. The van der Waals surface area contributed by atoms with Crippen LogP contribution in [0.4, 0.5) is 37.7 Å². The van der Waals surface area contributed by atoms with E-state index in [1.54, 1.807) is 35.3 Å². The number of hydrogen-bond donors (Lipinski definition) is 0. The van der Waals surface area contributed by atoms with E-state index in [4.69, 9.17) is 15.0 Å². The average Bonchev–Trinajstić information content (AvgIpc) is 1.51. The standard InChI is InChI=1S/C81H55F6N7/c1-4-18-72(55-25-16-9-17-26-55)92(3)79-63(5-2)64-43-56(59-27-35-69(89-48-59)52-19-10-6-11-20-52)32-40-75(64)94(79)77-42-51(47-88)41-76(78(77)67-46-62(80(82,83)84)33-34-68(67)81(85,86)87)93-73-38-30-57(60-28-36-70(90-49-60)53-21-12-7-13-22-53)44-65(73)66-45-58(31-39-74(66)93)61-29-37-71(91-50-61)54-23-14-8-15-24-54/h4-46,48-50,63,79H,1-2H2,3H3/b72-18-. The van der Waals surface area contributed by atoms with Gasteiger partial charge in [-0.05, 0) is 124 Å². The number of allylic oxidation sites excluding steroid dienone is 2. The molecule has 14 rings (SSSR count). The molecule has 1 aliphatic rings. The van der Waals surface area contributed by atoms with Crippen LogP contribution in [-0.4, -0.2) is 37.6 Å². The lowest BCUT2D eigenvalue weighted by Gasteiger charge is -2.40. The summed E-state index contributed by atoms with van der Waals surface area (Å²) >= 11 is 0. The number of nitrogens with zero attached hydrogens (tertiary/aromatic N) is 7. The highest BCUT2D eigenvalue weighted by Crippen LogP contribution is 2.55. The van der Waals surface area contributed by atoms with Crippen molar-refractivity contribution in [1.29, 1.82) is 5.26 Å². The minimum Gasteiger partial charge on any atom is -0.353 e. The second-order valence-electron chi connectivity index (χ2n) is 23.0. The predicted molar refractivity (Wildman–Crippen MR) is 365 cm³/mol. The maximum Gasteiger partial charge on any atom is 0.417 e. The van der Waals surface area contributed by atoms with Crippen LogP contribution in [0.5, 0.6) is 0 Å². The van der Waals surface area contributed by atoms with Crippen molar-refractivity contribution in [2.75, 3.05) is 11.9 Å². The van der Waals surface area contributed by atoms with Crippen molar-refractivity contribution in [3.8, 4) is 90.0 Å². The number of hydrogen-bond acceptors (Lipinski definition) is 6. The lowest BCUT2D eigenvalue weighted by atomic mass is 9.91. The van der Waals surface area contributed by atoms with Crippen molar-refractivity contribution in [2.24, 2.45) is 0 Å². The fourth-order valence-corrected chi connectivity index (χ4v) is 13.1. The van der Waals surface area contributed by atoms with Crippen LogP contribution in [0, 0.1) is 11.3 Å². The van der Waals surface area contributed by atoms with Gasteiger partial charge in [-0.3, -0.25) is 15.0 Å². The molecule has 0 saturated heterocycles. The first-order chi connectivity index (χ1) is 45.7. The second-order valence-corrected chi connectivity index (χ2v) is 23.0. The molecule has 0 amide bonds. The molecule has 0 spiro atoms. The Morgan fingerprint density at radius 2 is 0.957 bits per heavy atom. The maximum atomic E-state index is 16.3. The number of benzene rings is 9. The van der Waals surface area contributed by atoms with Gasteiger partial charge in [0.15, 0.2) is 0 Å². The third-order valence-corrected chi connectivity index (χ3v) is 17.5. The normalized spacial score (nSPS) is 14.0. The largest absolute Gasteiger partial charge is 0.417 e. The topological polar surface area (TPSA) is 73.9 Å².